The molecule has 0 radical (unpaired) electrons. The van der Waals surface area contributed by atoms with Crippen molar-refractivity contribution in [1.82, 2.24) is 15.5 Å². The summed E-state index contributed by atoms with van der Waals surface area (Å²) >= 11 is 0. The van der Waals surface area contributed by atoms with Crippen LogP contribution in [-0.2, 0) is 0 Å². The zero-order chi connectivity index (χ0) is 14.0. The number of nitrogens with one attached hydrogen (secondary N) is 2. The fraction of sp³-hybridized carbons (Fsp3) is 0.929. The topological polar surface area (TPSA) is 39.7 Å². The lowest BCUT2D eigenvalue weighted by molar-refractivity contribution is 0.278. The van der Waals surface area contributed by atoms with Gasteiger partial charge in [-0.1, -0.05) is 13.8 Å². The van der Waals surface area contributed by atoms with Gasteiger partial charge >= 0.3 is 0 Å². The number of nitrogens with zero attached hydrogens (tertiary/aromatic N) is 2. The number of likely N-dealkylation sites (N-methyl/N-ethyl adjacent to an activating group) is 1. The van der Waals surface area contributed by atoms with Gasteiger partial charge in [0, 0.05) is 32.7 Å². The van der Waals surface area contributed by atoms with Crippen molar-refractivity contribution in [1.29, 1.82) is 0 Å². The third kappa shape index (κ3) is 12.7. The molecule has 116 valence electrons. The van der Waals surface area contributed by atoms with Crippen LogP contribution in [0.5, 0.6) is 0 Å². The Morgan fingerprint density at radius 2 is 1.68 bits per heavy atom. The van der Waals surface area contributed by atoms with E-state index in [1.54, 1.807) is 0 Å². The Balaban J connectivity index is 0. The largest absolute Gasteiger partial charge is 0.356 e. The molecule has 0 aromatic heterocycles. The first-order chi connectivity index (χ1) is 8.47. The van der Waals surface area contributed by atoms with Crippen molar-refractivity contribution in [3.05, 3.63) is 0 Å². The maximum atomic E-state index is 4.22. The Morgan fingerprint density at radius 3 is 2.16 bits per heavy atom. The fourth-order valence-electron chi connectivity index (χ4n) is 1.55. The normalized spacial score (nSPS) is 11.9. The molecule has 0 saturated heterocycles. The maximum Gasteiger partial charge on any atom is 0.191 e. The molecule has 0 aliphatic carbocycles. The number of hydrogen-bond acceptors (Lipinski definition) is 2. The standard InChI is InChI=1S/C14H32N4.HI/c1-12(2)8-7-9-16-14(15-5)17-10-11-18(6)13(3)4;/h12-13H,7-11H2,1-6H3,(H2,15,16,17);1H. The van der Waals surface area contributed by atoms with Crippen molar-refractivity contribution < 1.29 is 0 Å². The van der Waals surface area contributed by atoms with Gasteiger partial charge in [0.05, 0.1) is 0 Å². The van der Waals surface area contributed by atoms with Gasteiger partial charge in [-0.2, -0.15) is 0 Å². The number of rotatable bonds is 8. The summed E-state index contributed by atoms with van der Waals surface area (Å²) in [4.78, 5) is 6.54. The minimum Gasteiger partial charge on any atom is -0.356 e. The van der Waals surface area contributed by atoms with Crippen LogP contribution in [0.15, 0.2) is 4.99 Å². The van der Waals surface area contributed by atoms with E-state index in [-0.39, 0.29) is 24.0 Å². The highest BCUT2D eigenvalue weighted by atomic mass is 127. The van der Waals surface area contributed by atoms with Crippen LogP contribution in [0.1, 0.15) is 40.5 Å². The highest BCUT2D eigenvalue weighted by Gasteiger charge is 2.03. The van der Waals surface area contributed by atoms with Gasteiger partial charge in [0.25, 0.3) is 0 Å². The Kier molecular flexibility index (Phi) is 14.5. The lowest BCUT2D eigenvalue weighted by atomic mass is 10.1. The van der Waals surface area contributed by atoms with Gasteiger partial charge in [-0.3, -0.25) is 4.99 Å². The minimum absolute atomic E-state index is 0. The van der Waals surface area contributed by atoms with Gasteiger partial charge in [-0.05, 0) is 39.7 Å². The van der Waals surface area contributed by atoms with E-state index >= 15 is 0 Å². The first-order valence-corrected chi connectivity index (χ1v) is 7.12. The average molecular weight is 384 g/mol. The van der Waals surface area contributed by atoms with Gasteiger partial charge in [0.2, 0.25) is 0 Å². The van der Waals surface area contributed by atoms with Crippen molar-refractivity contribution in [3.63, 3.8) is 0 Å². The van der Waals surface area contributed by atoms with Gasteiger partial charge < -0.3 is 15.5 Å². The molecule has 0 atom stereocenters. The molecule has 0 aliphatic heterocycles. The SMILES string of the molecule is CN=C(NCCCC(C)C)NCCN(C)C(C)C.I. The molecule has 0 aromatic carbocycles. The third-order valence-electron chi connectivity index (χ3n) is 3.11. The Labute approximate surface area is 136 Å². The first kappa shape index (κ1) is 21.3. The molecule has 0 rings (SSSR count). The second-order valence-electron chi connectivity index (χ2n) is 5.54. The molecule has 0 aliphatic rings. The Hall–Kier alpha value is -0.0400. The van der Waals surface area contributed by atoms with Crippen LogP contribution in [0.2, 0.25) is 0 Å². The number of aliphatic imine (C=N–C) groups is 1. The lowest BCUT2D eigenvalue weighted by Crippen LogP contribution is -2.42. The zero-order valence-corrected chi connectivity index (χ0v) is 15.8. The van der Waals surface area contributed by atoms with E-state index in [9.17, 15) is 0 Å². The smallest absolute Gasteiger partial charge is 0.191 e. The molecule has 0 heterocycles. The number of guanidine groups is 1. The van der Waals surface area contributed by atoms with Crippen molar-refractivity contribution >= 4 is 29.9 Å². The lowest BCUT2D eigenvalue weighted by Gasteiger charge is -2.21. The van der Waals surface area contributed by atoms with Crippen LogP contribution >= 0.6 is 24.0 Å². The molecule has 0 fully saturated rings. The van der Waals surface area contributed by atoms with Crippen LogP contribution < -0.4 is 10.6 Å². The summed E-state index contributed by atoms with van der Waals surface area (Å²) in [5.41, 5.74) is 0. The molecule has 0 unspecified atom stereocenters. The minimum atomic E-state index is 0. The van der Waals surface area contributed by atoms with Crippen LogP contribution in [0.3, 0.4) is 0 Å². The van der Waals surface area contributed by atoms with Gasteiger partial charge in [0.1, 0.15) is 0 Å². The summed E-state index contributed by atoms with van der Waals surface area (Å²) in [5.74, 6) is 1.69. The van der Waals surface area contributed by atoms with Crippen LogP contribution in [-0.4, -0.2) is 50.6 Å². The quantitative estimate of drug-likeness (QED) is 0.293. The second kappa shape index (κ2) is 13.0. The highest BCUT2D eigenvalue weighted by Crippen LogP contribution is 2.01. The molecule has 0 bridgehead atoms. The molecule has 0 aromatic rings. The number of hydrogen-bond donors (Lipinski definition) is 2. The van der Waals surface area contributed by atoms with E-state index in [1.807, 2.05) is 7.05 Å². The van der Waals surface area contributed by atoms with E-state index in [2.05, 4.69) is 55.3 Å². The van der Waals surface area contributed by atoms with Crippen molar-refractivity contribution in [2.45, 2.75) is 46.6 Å². The predicted molar refractivity (Wildman–Crippen MR) is 96.6 cm³/mol. The highest BCUT2D eigenvalue weighted by molar-refractivity contribution is 14.0. The third-order valence-corrected chi connectivity index (χ3v) is 3.11. The summed E-state index contributed by atoms with van der Waals surface area (Å²) in [6, 6.07) is 0.591. The first-order valence-electron chi connectivity index (χ1n) is 7.12. The van der Waals surface area contributed by atoms with Crippen LogP contribution in [0, 0.1) is 5.92 Å². The molecule has 4 nitrogen and oxygen atoms in total. The van der Waals surface area contributed by atoms with Crippen molar-refractivity contribution in [2.75, 3.05) is 33.7 Å². The van der Waals surface area contributed by atoms with Crippen molar-refractivity contribution in [3.8, 4) is 0 Å². The molecule has 0 spiro atoms. The molecular weight excluding hydrogens is 351 g/mol. The summed E-state index contributed by atoms with van der Waals surface area (Å²) in [6.07, 6.45) is 2.46. The molecule has 19 heavy (non-hydrogen) atoms. The fourth-order valence-corrected chi connectivity index (χ4v) is 1.55. The van der Waals surface area contributed by atoms with Gasteiger partial charge in [0.15, 0.2) is 5.96 Å². The second-order valence-corrected chi connectivity index (χ2v) is 5.54. The molecule has 2 N–H and O–H groups in total. The molecular formula is C14H33IN4. The molecule has 0 amide bonds. The van der Waals surface area contributed by atoms with Crippen LogP contribution in [0.25, 0.3) is 0 Å². The Morgan fingerprint density at radius 1 is 1.11 bits per heavy atom. The average Bonchev–Trinajstić information content (AvgIpc) is 2.31. The van der Waals surface area contributed by atoms with E-state index < -0.39 is 0 Å². The summed E-state index contributed by atoms with van der Waals surface area (Å²) in [5, 5.41) is 6.69. The van der Waals surface area contributed by atoms with E-state index in [0.717, 1.165) is 31.5 Å². The van der Waals surface area contributed by atoms with Gasteiger partial charge in [-0.15, -0.1) is 24.0 Å². The summed E-state index contributed by atoms with van der Waals surface area (Å²) < 4.78 is 0. The maximum absolute atomic E-state index is 4.22. The van der Waals surface area contributed by atoms with E-state index in [0.29, 0.717) is 6.04 Å². The Bertz CT molecular complexity index is 229. The monoisotopic (exact) mass is 384 g/mol. The zero-order valence-electron chi connectivity index (χ0n) is 13.5. The van der Waals surface area contributed by atoms with E-state index in [4.69, 9.17) is 0 Å². The summed E-state index contributed by atoms with van der Waals surface area (Å²) in [6.45, 7) is 11.9. The van der Waals surface area contributed by atoms with Gasteiger partial charge in [-0.25, -0.2) is 0 Å². The molecule has 5 heteroatoms. The number of halogens is 1. The van der Waals surface area contributed by atoms with Crippen LogP contribution in [0.4, 0.5) is 0 Å². The molecule has 0 saturated carbocycles. The van der Waals surface area contributed by atoms with E-state index in [1.165, 1.54) is 12.8 Å². The predicted octanol–water partition coefficient (Wildman–Crippen LogP) is 2.55. The summed E-state index contributed by atoms with van der Waals surface area (Å²) in [7, 11) is 3.97. The van der Waals surface area contributed by atoms with Crippen molar-refractivity contribution in [2.24, 2.45) is 10.9 Å².